The molecule has 0 aliphatic rings. The Morgan fingerprint density at radius 2 is 1.79 bits per heavy atom. The van der Waals surface area contributed by atoms with E-state index in [0.29, 0.717) is 16.8 Å². The number of phenolic OH excluding ortho intramolecular Hbond substituents is 1. The standard InChI is InChI=1S/C14H12N2O2S/c15-13(19)9-3-1-5-11(7-9)16-14(18)10-4-2-6-12(17)8-10/h1-8,17H,(H2,15,19)(H,16,18). The van der Waals surface area contributed by atoms with Crippen LogP contribution in [-0.2, 0) is 0 Å². The fraction of sp³-hybridized carbons (Fsp3) is 0. The minimum absolute atomic E-state index is 0.0459. The molecule has 0 spiro atoms. The SMILES string of the molecule is NC(=S)c1cccc(NC(=O)c2cccc(O)c2)c1. The second-order valence-corrected chi connectivity index (χ2v) is 4.39. The highest BCUT2D eigenvalue weighted by Gasteiger charge is 2.07. The van der Waals surface area contributed by atoms with Gasteiger partial charge in [-0.3, -0.25) is 4.79 Å². The predicted molar refractivity (Wildman–Crippen MR) is 78.4 cm³/mol. The number of carbonyl (C=O) groups is 1. The molecular weight excluding hydrogens is 260 g/mol. The number of anilines is 1. The fourth-order valence-corrected chi connectivity index (χ4v) is 1.73. The maximum atomic E-state index is 12.0. The van der Waals surface area contributed by atoms with Gasteiger partial charge < -0.3 is 16.2 Å². The number of carbonyl (C=O) groups excluding carboxylic acids is 1. The first kappa shape index (κ1) is 13.0. The number of aromatic hydroxyl groups is 1. The molecule has 19 heavy (non-hydrogen) atoms. The van der Waals surface area contributed by atoms with E-state index < -0.39 is 0 Å². The Bertz CT molecular complexity index is 641. The van der Waals surface area contributed by atoms with E-state index in [0.717, 1.165) is 0 Å². The Morgan fingerprint density at radius 1 is 1.11 bits per heavy atom. The Kier molecular flexibility index (Phi) is 3.77. The van der Waals surface area contributed by atoms with Crippen LogP contribution in [0.5, 0.6) is 5.75 Å². The summed E-state index contributed by atoms with van der Waals surface area (Å²) < 4.78 is 0. The van der Waals surface area contributed by atoms with Gasteiger partial charge in [0.15, 0.2) is 0 Å². The summed E-state index contributed by atoms with van der Waals surface area (Å²) in [5, 5.41) is 12.0. The molecule has 0 saturated heterocycles. The summed E-state index contributed by atoms with van der Waals surface area (Å²) in [7, 11) is 0. The van der Waals surface area contributed by atoms with Gasteiger partial charge in [0.25, 0.3) is 5.91 Å². The molecule has 4 N–H and O–H groups in total. The highest BCUT2D eigenvalue weighted by atomic mass is 32.1. The molecule has 0 unspecified atom stereocenters. The summed E-state index contributed by atoms with van der Waals surface area (Å²) in [5.74, 6) is -0.263. The van der Waals surface area contributed by atoms with Gasteiger partial charge in [-0.1, -0.05) is 30.4 Å². The lowest BCUT2D eigenvalue weighted by Crippen LogP contribution is -2.13. The molecule has 1 amide bonds. The lowest BCUT2D eigenvalue weighted by Gasteiger charge is -2.07. The Morgan fingerprint density at radius 3 is 2.47 bits per heavy atom. The van der Waals surface area contributed by atoms with Crippen LogP contribution in [0.3, 0.4) is 0 Å². The van der Waals surface area contributed by atoms with Crippen molar-refractivity contribution in [1.82, 2.24) is 0 Å². The third-order valence-electron chi connectivity index (χ3n) is 2.51. The smallest absolute Gasteiger partial charge is 0.255 e. The topological polar surface area (TPSA) is 75.3 Å². The molecule has 0 bridgehead atoms. The largest absolute Gasteiger partial charge is 0.508 e. The number of nitrogens with one attached hydrogen (secondary N) is 1. The average Bonchev–Trinajstić information content (AvgIpc) is 2.39. The third kappa shape index (κ3) is 3.29. The second-order valence-electron chi connectivity index (χ2n) is 3.95. The Labute approximate surface area is 115 Å². The quantitative estimate of drug-likeness (QED) is 0.749. The van der Waals surface area contributed by atoms with Gasteiger partial charge >= 0.3 is 0 Å². The first-order valence-corrected chi connectivity index (χ1v) is 5.97. The molecule has 2 rings (SSSR count). The van der Waals surface area contributed by atoms with Gasteiger partial charge in [0, 0.05) is 16.8 Å². The normalized spacial score (nSPS) is 9.89. The van der Waals surface area contributed by atoms with Crippen molar-refractivity contribution in [3.8, 4) is 5.75 Å². The van der Waals surface area contributed by atoms with Crippen molar-refractivity contribution in [3.05, 3.63) is 59.7 Å². The molecule has 4 nitrogen and oxygen atoms in total. The molecule has 0 aromatic heterocycles. The molecule has 0 aliphatic heterocycles. The molecule has 0 aliphatic carbocycles. The number of nitrogens with two attached hydrogens (primary N) is 1. The Balaban J connectivity index is 2.19. The number of hydrogen-bond donors (Lipinski definition) is 3. The van der Waals surface area contributed by atoms with Crippen molar-refractivity contribution in [2.24, 2.45) is 5.73 Å². The van der Waals surface area contributed by atoms with E-state index in [-0.39, 0.29) is 16.6 Å². The minimum atomic E-state index is -0.309. The summed E-state index contributed by atoms with van der Waals surface area (Å²) in [6.07, 6.45) is 0. The van der Waals surface area contributed by atoms with E-state index >= 15 is 0 Å². The van der Waals surface area contributed by atoms with E-state index in [1.54, 1.807) is 36.4 Å². The van der Waals surface area contributed by atoms with Crippen molar-refractivity contribution in [2.75, 3.05) is 5.32 Å². The van der Waals surface area contributed by atoms with Gasteiger partial charge in [-0.05, 0) is 30.3 Å². The Hall–Kier alpha value is -2.40. The zero-order valence-corrected chi connectivity index (χ0v) is 10.8. The van der Waals surface area contributed by atoms with E-state index in [1.807, 2.05) is 0 Å². The van der Waals surface area contributed by atoms with Crippen LogP contribution in [0.4, 0.5) is 5.69 Å². The predicted octanol–water partition coefficient (Wildman–Crippen LogP) is 2.28. The number of hydrogen-bond acceptors (Lipinski definition) is 3. The van der Waals surface area contributed by atoms with Crippen LogP contribution in [0.2, 0.25) is 0 Å². The van der Waals surface area contributed by atoms with E-state index in [9.17, 15) is 9.90 Å². The fourth-order valence-electron chi connectivity index (χ4n) is 1.60. The van der Waals surface area contributed by atoms with Crippen LogP contribution >= 0.6 is 12.2 Å². The average molecular weight is 272 g/mol. The maximum Gasteiger partial charge on any atom is 0.255 e. The summed E-state index contributed by atoms with van der Waals surface area (Å²) in [6.45, 7) is 0. The summed E-state index contributed by atoms with van der Waals surface area (Å²) in [4.78, 5) is 12.2. The lowest BCUT2D eigenvalue weighted by molar-refractivity contribution is 0.102. The van der Waals surface area contributed by atoms with Crippen molar-refractivity contribution in [2.45, 2.75) is 0 Å². The lowest BCUT2D eigenvalue weighted by atomic mass is 10.1. The van der Waals surface area contributed by atoms with Gasteiger partial charge in [-0.15, -0.1) is 0 Å². The number of phenols is 1. The second kappa shape index (κ2) is 5.49. The van der Waals surface area contributed by atoms with Crippen LogP contribution in [-0.4, -0.2) is 16.0 Å². The van der Waals surface area contributed by atoms with Gasteiger partial charge in [0.2, 0.25) is 0 Å². The maximum absolute atomic E-state index is 12.0. The van der Waals surface area contributed by atoms with Crippen molar-refractivity contribution in [1.29, 1.82) is 0 Å². The summed E-state index contributed by atoms with van der Waals surface area (Å²) in [6, 6.07) is 13.1. The van der Waals surface area contributed by atoms with Gasteiger partial charge in [-0.25, -0.2) is 0 Å². The van der Waals surface area contributed by atoms with Gasteiger partial charge in [0.1, 0.15) is 10.7 Å². The van der Waals surface area contributed by atoms with Crippen LogP contribution in [0.15, 0.2) is 48.5 Å². The summed E-state index contributed by atoms with van der Waals surface area (Å²) >= 11 is 4.88. The van der Waals surface area contributed by atoms with E-state index in [1.165, 1.54) is 12.1 Å². The molecule has 2 aromatic rings. The first-order chi connectivity index (χ1) is 9.06. The first-order valence-electron chi connectivity index (χ1n) is 5.56. The highest BCUT2D eigenvalue weighted by molar-refractivity contribution is 7.80. The molecule has 0 atom stereocenters. The molecule has 0 radical (unpaired) electrons. The van der Waals surface area contributed by atoms with Crippen LogP contribution < -0.4 is 11.1 Å². The molecule has 0 saturated carbocycles. The molecule has 0 heterocycles. The third-order valence-corrected chi connectivity index (χ3v) is 2.75. The minimum Gasteiger partial charge on any atom is -0.508 e. The molecule has 96 valence electrons. The van der Waals surface area contributed by atoms with E-state index in [2.05, 4.69) is 5.32 Å². The molecular formula is C14H12N2O2S. The zero-order valence-electron chi connectivity index (χ0n) is 9.96. The summed E-state index contributed by atoms with van der Waals surface area (Å²) in [5.41, 5.74) is 7.19. The zero-order chi connectivity index (χ0) is 13.8. The number of rotatable bonds is 3. The van der Waals surface area contributed by atoms with Gasteiger partial charge in [-0.2, -0.15) is 0 Å². The molecule has 2 aromatic carbocycles. The molecule has 0 fully saturated rings. The number of amides is 1. The van der Waals surface area contributed by atoms with E-state index in [4.69, 9.17) is 18.0 Å². The van der Waals surface area contributed by atoms with Crippen LogP contribution in [0.1, 0.15) is 15.9 Å². The van der Waals surface area contributed by atoms with Crippen molar-refractivity contribution in [3.63, 3.8) is 0 Å². The highest BCUT2D eigenvalue weighted by Crippen LogP contribution is 2.15. The van der Waals surface area contributed by atoms with Crippen LogP contribution in [0.25, 0.3) is 0 Å². The van der Waals surface area contributed by atoms with Crippen molar-refractivity contribution >= 4 is 28.8 Å². The molecule has 5 heteroatoms. The van der Waals surface area contributed by atoms with Crippen molar-refractivity contribution < 1.29 is 9.90 Å². The van der Waals surface area contributed by atoms with Crippen LogP contribution in [0, 0.1) is 0 Å². The number of thiocarbonyl (C=S) groups is 1. The number of benzene rings is 2. The van der Waals surface area contributed by atoms with Gasteiger partial charge in [0.05, 0.1) is 0 Å². The monoisotopic (exact) mass is 272 g/mol.